The zero-order valence-electron chi connectivity index (χ0n) is 10.1. The van der Waals surface area contributed by atoms with Gasteiger partial charge in [0.1, 0.15) is 0 Å². The topological polar surface area (TPSA) is 86.2 Å². The van der Waals surface area contributed by atoms with Crippen LogP contribution in [0, 0.1) is 0 Å². The molecule has 1 atom stereocenters. The lowest BCUT2D eigenvalue weighted by molar-refractivity contribution is 0.589. The maximum Gasteiger partial charge on any atom is 0.175 e. The van der Waals surface area contributed by atoms with Crippen molar-refractivity contribution >= 4 is 9.84 Å². The van der Waals surface area contributed by atoms with Gasteiger partial charge in [0.2, 0.25) is 0 Å². The normalized spacial score (nSPS) is 13.6. The minimum absolute atomic E-state index is 0.0461. The van der Waals surface area contributed by atoms with Crippen molar-refractivity contribution in [3.8, 4) is 0 Å². The van der Waals surface area contributed by atoms with Crippen molar-refractivity contribution in [3.05, 3.63) is 29.8 Å². The largest absolute Gasteiger partial charge is 0.330 e. The van der Waals surface area contributed by atoms with Gasteiger partial charge in [0.25, 0.3) is 0 Å². The van der Waals surface area contributed by atoms with Crippen molar-refractivity contribution in [2.45, 2.75) is 30.2 Å². The summed E-state index contributed by atoms with van der Waals surface area (Å²) in [7, 11) is -3.12. The summed E-state index contributed by atoms with van der Waals surface area (Å²) in [4.78, 5) is 0.329. The first-order valence-corrected chi connectivity index (χ1v) is 7.60. The fourth-order valence-corrected chi connectivity index (χ4v) is 2.27. The third-order valence-corrected chi connectivity index (χ3v) is 3.83. The molecule has 0 aromatic heterocycles. The van der Waals surface area contributed by atoms with E-state index in [4.69, 9.17) is 11.5 Å². The van der Waals surface area contributed by atoms with Gasteiger partial charge < -0.3 is 11.5 Å². The van der Waals surface area contributed by atoms with Crippen LogP contribution >= 0.6 is 0 Å². The Morgan fingerprint density at radius 2 is 1.76 bits per heavy atom. The number of hydrogen-bond acceptors (Lipinski definition) is 4. The van der Waals surface area contributed by atoms with Gasteiger partial charge in [-0.2, -0.15) is 0 Å². The van der Waals surface area contributed by atoms with E-state index in [1.54, 1.807) is 24.3 Å². The van der Waals surface area contributed by atoms with Crippen molar-refractivity contribution in [3.63, 3.8) is 0 Å². The number of unbranched alkanes of at least 4 members (excludes halogenated alkanes) is 1. The molecule has 5 heteroatoms. The molecule has 0 aliphatic heterocycles. The highest BCUT2D eigenvalue weighted by molar-refractivity contribution is 7.90. The number of rotatable bonds is 6. The highest BCUT2D eigenvalue weighted by Crippen LogP contribution is 2.18. The van der Waals surface area contributed by atoms with E-state index in [9.17, 15) is 8.42 Å². The maximum atomic E-state index is 11.3. The van der Waals surface area contributed by atoms with E-state index < -0.39 is 9.84 Å². The lowest BCUT2D eigenvalue weighted by Gasteiger charge is -2.12. The van der Waals surface area contributed by atoms with E-state index in [1.807, 2.05) is 0 Å². The Labute approximate surface area is 103 Å². The Bertz CT molecular complexity index is 440. The number of benzene rings is 1. The fourth-order valence-electron chi connectivity index (χ4n) is 1.64. The van der Waals surface area contributed by atoms with Crippen molar-refractivity contribution in [2.75, 3.05) is 12.8 Å². The number of hydrogen-bond donors (Lipinski definition) is 2. The van der Waals surface area contributed by atoms with Gasteiger partial charge in [-0.25, -0.2) is 8.42 Å². The van der Waals surface area contributed by atoms with Gasteiger partial charge in [-0.15, -0.1) is 0 Å². The molecule has 0 spiro atoms. The number of sulfone groups is 1. The predicted octanol–water partition coefficient (Wildman–Crippen LogP) is 1.22. The van der Waals surface area contributed by atoms with Crippen LogP contribution in [0.2, 0.25) is 0 Å². The van der Waals surface area contributed by atoms with Crippen LogP contribution in [0.25, 0.3) is 0 Å². The van der Waals surface area contributed by atoms with E-state index in [2.05, 4.69) is 0 Å². The molecule has 0 unspecified atom stereocenters. The Morgan fingerprint density at radius 3 is 2.24 bits per heavy atom. The highest BCUT2D eigenvalue weighted by Gasteiger charge is 2.09. The Balaban J connectivity index is 2.67. The van der Waals surface area contributed by atoms with E-state index in [0.717, 1.165) is 24.8 Å². The Kier molecular flexibility index (Phi) is 5.11. The lowest BCUT2D eigenvalue weighted by Crippen LogP contribution is -2.11. The molecular weight excluding hydrogens is 236 g/mol. The standard InChI is InChI=1S/C12H20N2O2S/c1-17(15,16)11-7-5-10(6-8-11)12(14)4-2-3-9-13/h5-8,12H,2-4,9,13-14H2,1H3/t12-/m0/s1. The minimum atomic E-state index is -3.12. The molecule has 0 saturated carbocycles. The van der Waals surface area contributed by atoms with Crippen LogP contribution in [0.1, 0.15) is 30.9 Å². The van der Waals surface area contributed by atoms with Crippen LogP contribution in [-0.4, -0.2) is 21.2 Å². The first-order chi connectivity index (χ1) is 7.95. The monoisotopic (exact) mass is 256 g/mol. The Morgan fingerprint density at radius 1 is 1.18 bits per heavy atom. The van der Waals surface area contributed by atoms with E-state index in [-0.39, 0.29) is 6.04 Å². The van der Waals surface area contributed by atoms with E-state index in [1.165, 1.54) is 6.26 Å². The van der Waals surface area contributed by atoms with Gasteiger partial charge in [-0.3, -0.25) is 0 Å². The smallest absolute Gasteiger partial charge is 0.175 e. The summed E-state index contributed by atoms with van der Waals surface area (Å²) >= 11 is 0. The van der Waals surface area contributed by atoms with Gasteiger partial charge in [0.05, 0.1) is 4.90 Å². The van der Waals surface area contributed by atoms with Crippen LogP contribution in [0.5, 0.6) is 0 Å². The lowest BCUT2D eigenvalue weighted by atomic mass is 10.0. The molecule has 17 heavy (non-hydrogen) atoms. The molecule has 0 bridgehead atoms. The molecule has 4 N–H and O–H groups in total. The SMILES string of the molecule is CS(=O)(=O)c1ccc([C@@H](N)CCCCN)cc1. The maximum absolute atomic E-state index is 11.3. The molecule has 0 fully saturated rings. The van der Waals surface area contributed by atoms with Gasteiger partial charge in [0, 0.05) is 12.3 Å². The summed E-state index contributed by atoms with van der Waals surface area (Å²) in [5, 5.41) is 0. The first-order valence-electron chi connectivity index (χ1n) is 5.71. The molecule has 0 aliphatic rings. The molecule has 1 rings (SSSR count). The fraction of sp³-hybridized carbons (Fsp3) is 0.500. The average molecular weight is 256 g/mol. The van der Waals surface area contributed by atoms with Gasteiger partial charge in [-0.05, 0) is 37.1 Å². The van der Waals surface area contributed by atoms with Crippen LogP contribution in [0.4, 0.5) is 0 Å². The Hall–Kier alpha value is -0.910. The molecule has 1 aromatic carbocycles. The van der Waals surface area contributed by atoms with Crippen LogP contribution < -0.4 is 11.5 Å². The predicted molar refractivity (Wildman–Crippen MR) is 69.4 cm³/mol. The molecular formula is C12H20N2O2S. The molecule has 0 amide bonds. The first kappa shape index (κ1) is 14.2. The zero-order valence-corrected chi connectivity index (χ0v) is 10.9. The van der Waals surface area contributed by atoms with Gasteiger partial charge in [-0.1, -0.05) is 18.6 Å². The number of nitrogens with two attached hydrogens (primary N) is 2. The third kappa shape index (κ3) is 4.46. The van der Waals surface area contributed by atoms with Gasteiger partial charge >= 0.3 is 0 Å². The third-order valence-electron chi connectivity index (χ3n) is 2.71. The van der Waals surface area contributed by atoms with Crippen molar-refractivity contribution in [1.82, 2.24) is 0 Å². The molecule has 4 nitrogen and oxygen atoms in total. The van der Waals surface area contributed by atoms with Crippen LogP contribution in [0.3, 0.4) is 0 Å². The van der Waals surface area contributed by atoms with Crippen LogP contribution in [-0.2, 0) is 9.84 Å². The summed E-state index contributed by atoms with van der Waals surface area (Å²) in [6, 6.07) is 6.73. The van der Waals surface area contributed by atoms with Crippen molar-refractivity contribution in [2.24, 2.45) is 11.5 Å². The van der Waals surface area contributed by atoms with E-state index >= 15 is 0 Å². The second-order valence-electron chi connectivity index (χ2n) is 4.23. The quantitative estimate of drug-likeness (QED) is 0.749. The molecule has 0 saturated heterocycles. The zero-order chi connectivity index (χ0) is 12.9. The summed E-state index contributed by atoms with van der Waals surface area (Å²) in [5.74, 6) is 0. The van der Waals surface area contributed by atoms with E-state index in [0.29, 0.717) is 11.4 Å². The molecule has 96 valence electrons. The molecule has 1 aromatic rings. The summed E-state index contributed by atoms with van der Waals surface area (Å²) in [6.45, 7) is 0.680. The average Bonchev–Trinajstić information content (AvgIpc) is 2.28. The second kappa shape index (κ2) is 6.14. The summed E-state index contributed by atoms with van der Waals surface area (Å²) in [5.41, 5.74) is 12.4. The minimum Gasteiger partial charge on any atom is -0.330 e. The molecule has 0 radical (unpaired) electrons. The molecule has 0 heterocycles. The van der Waals surface area contributed by atoms with Crippen molar-refractivity contribution in [1.29, 1.82) is 0 Å². The van der Waals surface area contributed by atoms with Gasteiger partial charge in [0.15, 0.2) is 9.84 Å². The van der Waals surface area contributed by atoms with Crippen LogP contribution in [0.15, 0.2) is 29.2 Å². The highest BCUT2D eigenvalue weighted by atomic mass is 32.2. The molecule has 0 aliphatic carbocycles. The van der Waals surface area contributed by atoms with Crippen molar-refractivity contribution < 1.29 is 8.42 Å². The summed E-state index contributed by atoms with van der Waals surface area (Å²) in [6.07, 6.45) is 4.03. The second-order valence-corrected chi connectivity index (χ2v) is 6.25. The summed E-state index contributed by atoms with van der Waals surface area (Å²) < 4.78 is 22.6.